The fraction of sp³-hybridized carbons (Fsp3) is 0.375. The second-order valence-electron chi connectivity index (χ2n) is 5.02. The molecule has 0 aliphatic rings. The molecule has 0 saturated carbocycles. The molecule has 6 nitrogen and oxygen atoms in total. The van der Waals surface area contributed by atoms with E-state index in [0.29, 0.717) is 6.54 Å². The summed E-state index contributed by atoms with van der Waals surface area (Å²) in [5.41, 5.74) is 2.77. The molecule has 2 N–H and O–H groups in total. The van der Waals surface area contributed by atoms with Crippen LogP contribution in [-0.4, -0.2) is 24.8 Å². The highest BCUT2D eigenvalue weighted by Crippen LogP contribution is 2.15. The number of benzene rings is 1. The zero-order valence-corrected chi connectivity index (χ0v) is 13.1. The minimum atomic E-state index is -0.219. The monoisotopic (exact) mass is 303 g/mol. The standard InChI is InChI=1S/C16H21N3O3/c1-11-15(12(2)22-19-11)5-4-10-17-16(20)18-13-6-8-14(21-3)9-7-13/h6-9H,4-5,10H2,1-3H3,(H2,17,18,20). The Morgan fingerprint density at radius 3 is 2.59 bits per heavy atom. The number of amides is 2. The number of nitrogens with one attached hydrogen (secondary N) is 2. The Kier molecular flexibility index (Phi) is 5.41. The Labute approximate surface area is 129 Å². The molecule has 0 unspecified atom stereocenters. The number of carbonyl (C=O) groups is 1. The predicted molar refractivity (Wildman–Crippen MR) is 84.3 cm³/mol. The molecule has 0 spiro atoms. The number of carbonyl (C=O) groups excluding carboxylic acids is 1. The second-order valence-corrected chi connectivity index (χ2v) is 5.02. The molecule has 1 heterocycles. The van der Waals surface area contributed by atoms with Crippen LogP contribution in [0.2, 0.25) is 0 Å². The summed E-state index contributed by atoms with van der Waals surface area (Å²) in [5, 5.41) is 9.52. The number of anilines is 1. The summed E-state index contributed by atoms with van der Waals surface area (Å²) in [6, 6.07) is 6.97. The van der Waals surface area contributed by atoms with Crippen molar-refractivity contribution in [3.05, 3.63) is 41.3 Å². The Morgan fingerprint density at radius 1 is 1.27 bits per heavy atom. The van der Waals surface area contributed by atoms with Crippen molar-refractivity contribution < 1.29 is 14.1 Å². The van der Waals surface area contributed by atoms with Crippen molar-refractivity contribution in [2.75, 3.05) is 19.0 Å². The number of rotatable bonds is 6. The van der Waals surface area contributed by atoms with Crippen LogP contribution >= 0.6 is 0 Å². The first-order valence-corrected chi connectivity index (χ1v) is 7.21. The molecule has 2 aromatic rings. The van der Waals surface area contributed by atoms with Gasteiger partial charge in [-0.1, -0.05) is 5.16 Å². The van der Waals surface area contributed by atoms with Crippen LogP contribution in [-0.2, 0) is 6.42 Å². The average Bonchev–Trinajstić information content (AvgIpc) is 2.83. The summed E-state index contributed by atoms with van der Waals surface area (Å²) in [6.07, 6.45) is 1.67. The van der Waals surface area contributed by atoms with Crippen LogP contribution in [0.25, 0.3) is 0 Å². The van der Waals surface area contributed by atoms with E-state index in [0.717, 1.165) is 41.3 Å². The van der Waals surface area contributed by atoms with E-state index >= 15 is 0 Å². The number of nitrogens with zero attached hydrogens (tertiary/aromatic N) is 1. The lowest BCUT2D eigenvalue weighted by molar-refractivity contribution is 0.252. The molecule has 0 radical (unpaired) electrons. The first-order valence-electron chi connectivity index (χ1n) is 7.21. The van der Waals surface area contributed by atoms with Crippen molar-refractivity contribution in [1.82, 2.24) is 10.5 Å². The maximum atomic E-state index is 11.8. The van der Waals surface area contributed by atoms with E-state index in [9.17, 15) is 4.79 Å². The van der Waals surface area contributed by atoms with Gasteiger partial charge < -0.3 is 19.9 Å². The predicted octanol–water partition coefficient (Wildman–Crippen LogP) is 3.05. The van der Waals surface area contributed by atoms with Crippen molar-refractivity contribution in [2.24, 2.45) is 0 Å². The number of aryl methyl sites for hydroxylation is 2. The molecule has 22 heavy (non-hydrogen) atoms. The summed E-state index contributed by atoms with van der Waals surface area (Å²) in [5.74, 6) is 1.60. The molecule has 2 amide bonds. The summed E-state index contributed by atoms with van der Waals surface area (Å²) < 4.78 is 10.2. The van der Waals surface area contributed by atoms with Crippen molar-refractivity contribution in [3.63, 3.8) is 0 Å². The molecule has 1 aromatic carbocycles. The van der Waals surface area contributed by atoms with E-state index < -0.39 is 0 Å². The maximum absolute atomic E-state index is 11.8. The SMILES string of the molecule is COc1ccc(NC(=O)NCCCc2c(C)noc2C)cc1. The molecule has 0 atom stereocenters. The van der Waals surface area contributed by atoms with Crippen LogP contribution in [0.15, 0.2) is 28.8 Å². The number of aromatic nitrogens is 1. The van der Waals surface area contributed by atoms with Gasteiger partial charge in [-0.2, -0.15) is 0 Å². The van der Waals surface area contributed by atoms with E-state index in [1.54, 1.807) is 31.4 Å². The summed E-state index contributed by atoms with van der Waals surface area (Å²) >= 11 is 0. The van der Waals surface area contributed by atoms with Gasteiger partial charge in [0.05, 0.1) is 12.8 Å². The topological polar surface area (TPSA) is 76.4 Å². The zero-order chi connectivity index (χ0) is 15.9. The van der Waals surface area contributed by atoms with Crippen molar-refractivity contribution >= 4 is 11.7 Å². The van der Waals surface area contributed by atoms with E-state index in [1.807, 2.05) is 13.8 Å². The van der Waals surface area contributed by atoms with E-state index in [2.05, 4.69) is 15.8 Å². The molecule has 6 heteroatoms. The maximum Gasteiger partial charge on any atom is 0.319 e. The van der Waals surface area contributed by atoms with Gasteiger partial charge in [-0.15, -0.1) is 0 Å². The summed E-state index contributed by atoms with van der Waals surface area (Å²) in [7, 11) is 1.61. The van der Waals surface area contributed by atoms with Gasteiger partial charge in [0.25, 0.3) is 0 Å². The summed E-state index contributed by atoms with van der Waals surface area (Å²) in [4.78, 5) is 11.8. The zero-order valence-electron chi connectivity index (χ0n) is 13.1. The molecular formula is C16H21N3O3. The normalized spacial score (nSPS) is 10.3. The molecule has 0 aliphatic heterocycles. The number of hydrogen-bond donors (Lipinski definition) is 2. The van der Waals surface area contributed by atoms with Crippen molar-refractivity contribution in [3.8, 4) is 5.75 Å². The lowest BCUT2D eigenvalue weighted by Gasteiger charge is -2.08. The smallest absolute Gasteiger partial charge is 0.319 e. The minimum Gasteiger partial charge on any atom is -0.497 e. The van der Waals surface area contributed by atoms with Crippen molar-refractivity contribution in [1.29, 1.82) is 0 Å². The lowest BCUT2D eigenvalue weighted by Crippen LogP contribution is -2.29. The molecular weight excluding hydrogens is 282 g/mol. The van der Waals surface area contributed by atoms with Gasteiger partial charge in [0, 0.05) is 17.8 Å². The third-order valence-electron chi connectivity index (χ3n) is 3.42. The fourth-order valence-electron chi connectivity index (χ4n) is 2.18. The van der Waals surface area contributed by atoms with Crippen molar-refractivity contribution in [2.45, 2.75) is 26.7 Å². The van der Waals surface area contributed by atoms with E-state index in [-0.39, 0.29) is 6.03 Å². The van der Waals surface area contributed by atoms with Gasteiger partial charge in [-0.3, -0.25) is 0 Å². The van der Waals surface area contributed by atoms with Crippen LogP contribution in [0.4, 0.5) is 10.5 Å². The first-order chi connectivity index (χ1) is 10.6. The van der Waals surface area contributed by atoms with Gasteiger partial charge in [0.1, 0.15) is 11.5 Å². The average molecular weight is 303 g/mol. The quantitative estimate of drug-likeness (QED) is 0.804. The Hall–Kier alpha value is -2.50. The van der Waals surface area contributed by atoms with Crippen LogP contribution in [0, 0.1) is 13.8 Å². The number of methoxy groups -OCH3 is 1. The van der Waals surface area contributed by atoms with Crippen LogP contribution in [0.1, 0.15) is 23.4 Å². The highest BCUT2D eigenvalue weighted by molar-refractivity contribution is 5.89. The Morgan fingerprint density at radius 2 is 2.00 bits per heavy atom. The van der Waals surface area contributed by atoms with Gasteiger partial charge in [0.2, 0.25) is 0 Å². The van der Waals surface area contributed by atoms with Gasteiger partial charge in [0.15, 0.2) is 0 Å². The van der Waals surface area contributed by atoms with E-state index in [4.69, 9.17) is 9.26 Å². The van der Waals surface area contributed by atoms with Crippen LogP contribution in [0.5, 0.6) is 5.75 Å². The highest BCUT2D eigenvalue weighted by atomic mass is 16.5. The third kappa shape index (κ3) is 4.25. The van der Waals surface area contributed by atoms with Gasteiger partial charge >= 0.3 is 6.03 Å². The molecule has 0 saturated heterocycles. The second kappa shape index (κ2) is 7.49. The van der Waals surface area contributed by atoms with Gasteiger partial charge in [-0.25, -0.2) is 4.79 Å². The number of hydrogen-bond acceptors (Lipinski definition) is 4. The van der Waals surface area contributed by atoms with Crippen LogP contribution in [0.3, 0.4) is 0 Å². The molecule has 2 rings (SSSR count). The third-order valence-corrected chi connectivity index (χ3v) is 3.42. The molecule has 1 aromatic heterocycles. The minimum absolute atomic E-state index is 0.219. The number of urea groups is 1. The number of ether oxygens (including phenoxy) is 1. The summed E-state index contributed by atoms with van der Waals surface area (Å²) in [6.45, 7) is 4.42. The molecule has 0 fully saturated rings. The van der Waals surface area contributed by atoms with Crippen LogP contribution < -0.4 is 15.4 Å². The lowest BCUT2D eigenvalue weighted by atomic mass is 10.1. The molecule has 0 bridgehead atoms. The molecule has 118 valence electrons. The Bertz CT molecular complexity index is 601. The molecule has 0 aliphatic carbocycles. The fourth-order valence-corrected chi connectivity index (χ4v) is 2.18. The first kappa shape index (κ1) is 15.9. The largest absolute Gasteiger partial charge is 0.497 e. The van der Waals surface area contributed by atoms with E-state index in [1.165, 1.54) is 0 Å². The van der Waals surface area contributed by atoms with Gasteiger partial charge in [-0.05, 0) is 51.0 Å². The highest BCUT2D eigenvalue weighted by Gasteiger charge is 2.08. The Balaban J connectivity index is 1.71.